The number of hydrogen-bond donors (Lipinski definition) is 0. The lowest BCUT2D eigenvalue weighted by Gasteiger charge is -2.24. The van der Waals surface area contributed by atoms with Crippen LogP contribution < -0.4 is 0 Å². The van der Waals surface area contributed by atoms with Crippen molar-refractivity contribution in [1.82, 2.24) is 4.90 Å². The van der Waals surface area contributed by atoms with Gasteiger partial charge in [-0.25, -0.2) is 0 Å². The van der Waals surface area contributed by atoms with Crippen molar-refractivity contribution in [3.05, 3.63) is 0 Å². The van der Waals surface area contributed by atoms with Crippen molar-refractivity contribution in [1.29, 1.82) is 0 Å². The maximum absolute atomic E-state index is 3.60. The lowest BCUT2D eigenvalue weighted by atomic mass is 10.1. The summed E-state index contributed by atoms with van der Waals surface area (Å²) >= 11 is 3.60. The zero-order valence-corrected chi connectivity index (χ0v) is 10.9. The average Bonchev–Trinajstić information content (AvgIpc) is 2.16. The molecule has 0 saturated carbocycles. The summed E-state index contributed by atoms with van der Waals surface area (Å²) in [5.41, 5.74) is 0. The molecule has 0 radical (unpaired) electrons. The van der Waals surface area contributed by atoms with Crippen LogP contribution in [0.3, 0.4) is 0 Å². The average molecular weight is 250 g/mol. The maximum atomic E-state index is 3.60. The number of rotatable bonds is 8. The summed E-state index contributed by atoms with van der Waals surface area (Å²) in [5.74, 6) is 0.844. The maximum Gasteiger partial charge on any atom is 0.00718 e. The highest BCUT2D eigenvalue weighted by molar-refractivity contribution is 9.09. The molecule has 0 aliphatic rings. The van der Waals surface area contributed by atoms with E-state index in [4.69, 9.17) is 0 Å². The van der Waals surface area contributed by atoms with Crippen molar-refractivity contribution in [2.24, 2.45) is 5.92 Å². The Morgan fingerprint density at radius 2 is 1.85 bits per heavy atom. The molecule has 0 fully saturated rings. The Hall–Kier alpha value is 0.440. The predicted octanol–water partition coefficient (Wildman–Crippen LogP) is 3.53. The van der Waals surface area contributed by atoms with Gasteiger partial charge in [0, 0.05) is 11.9 Å². The summed E-state index contributed by atoms with van der Waals surface area (Å²) in [4.78, 5) is 2.56. The van der Waals surface area contributed by atoms with E-state index in [1.807, 2.05) is 0 Å². The van der Waals surface area contributed by atoms with Gasteiger partial charge in [-0.2, -0.15) is 0 Å². The Morgan fingerprint density at radius 1 is 1.15 bits per heavy atom. The zero-order valence-electron chi connectivity index (χ0n) is 9.35. The highest BCUT2D eigenvalue weighted by atomic mass is 79.9. The second-order valence-corrected chi connectivity index (χ2v) is 4.35. The van der Waals surface area contributed by atoms with Gasteiger partial charge in [0.15, 0.2) is 0 Å². The fraction of sp³-hybridized carbons (Fsp3) is 1.00. The van der Waals surface area contributed by atoms with E-state index in [9.17, 15) is 0 Å². The Labute approximate surface area is 92.0 Å². The molecule has 2 heteroatoms. The third-order valence-electron chi connectivity index (χ3n) is 2.42. The molecule has 0 aliphatic heterocycles. The van der Waals surface area contributed by atoms with Gasteiger partial charge in [0.05, 0.1) is 0 Å². The molecule has 0 aromatic rings. The summed E-state index contributed by atoms with van der Waals surface area (Å²) in [6.07, 6.45) is 3.93. The highest BCUT2D eigenvalue weighted by Gasteiger charge is 2.10. The van der Waals surface area contributed by atoms with Crippen molar-refractivity contribution < 1.29 is 0 Å². The van der Waals surface area contributed by atoms with Crippen LogP contribution in [0.1, 0.15) is 40.0 Å². The SMILES string of the molecule is CCCC(CBr)CN(CC)CCC. The second kappa shape index (κ2) is 9.01. The Kier molecular flexibility index (Phi) is 9.32. The van der Waals surface area contributed by atoms with Crippen LogP contribution in [0.25, 0.3) is 0 Å². The van der Waals surface area contributed by atoms with E-state index < -0.39 is 0 Å². The fourth-order valence-electron chi connectivity index (χ4n) is 1.69. The second-order valence-electron chi connectivity index (χ2n) is 3.70. The summed E-state index contributed by atoms with van der Waals surface area (Å²) in [7, 11) is 0. The molecule has 1 atom stereocenters. The zero-order chi connectivity index (χ0) is 10.1. The van der Waals surface area contributed by atoms with Gasteiger partial charge in [0.25, 0.3) is 0 Å². The number of hydrogen-bond acceptors (Lipinski definition) is 1. The molecule has 0 rings (SSSR count). The van der Waals surface area contributed by atoms with Crippen molar-refractivity contribution in [2.45, 2.75) is 40.0 Å². The molecular weight excluding hydrogens is 226 g/mol. The first kappa shape index (κ1) is 13.4. The minimum Gasteiger partial charge on any atom is -0.303 e. The molecule has 0 bridgehead atoms. The normalized spacial score (nSPS) is 13.6. The number of alkyl halides is 1. The molecule has 1 nitrogen and oxygen atoms in total. The van der Waals surface area contributed by atoms with E-state index in [1.165, 1.54) is 38.9 Å². The summed E-state index contributed by atoms with van der Waals surface area (Å²) in [6, 6.07) is 0. The molecule has 0 aliphatic carbocycles. The lowest BCUT2D eigenvalue weighted by Crippen LogP contribution is -2.30. The summed E-state index contributed by atoms with van der Waals surface area (Å²) < 4.78 is 0. The van der Waals surface area contributed by atoms with Gasteiger partial charge >= 0.3 is 0 Å². The molecule has 0 saturated heterocycles. The summed E-state index contributed by atoms with van der Waals surface area (Å²) in [5, 5.41) is 1.15. The monoisotopic (exact) mass is 249 g/mol. The third-order valence-corrected chi connectivity index (χ3v) is 3.33. The van der Waals surface area contributed by atoms with E-state index in [0.717, 1.165) is 11.2 Å². The minimum absolute atomic E-state index is 0.844. The third kappa shape index (κ3) is 6.50. The van der Waals surface area contributed by atoms with Crippen molar-refractivity contribution in [2.75, 3.05) is 25.0 Å². The fourth-order valence-corrected chi connectivity index (χ4v) is 2.21. The molecule has 0 aromatic carbocycles. The van der Waals surface area contributed by atoms with Gasteiger partial charge in [0.2, 0.25) is 0 Å². The van der Waals surface area contributed by atoms with Crippen LogP contribution in [0.2, 0.25) is 0 Å². The van der Waals surface area contributed by atoms with Crippen molar-refractivity contribution >= 4 is 15.9 Å². The molecule has 0 aromatic heterocycles. The lowest BCUT2D eigenvalue weighted by molar-refractivity contribution is 0.245. The van der Waals surface area contributed by atoms with Crippen LogP contribution in [0.15, 0.2) is 0 Å². The van der Waals surface area contributed by atoms with E-state index >= 15 is 0 Å². The topological polar surface area (TPSA) is 3.24 Å². The highest BCUT2D eigenvalue weighted by Crippen LogP contribution is 2.11. The quantitative estimate of drug-likeness (QED) is 0.596. The molecule has 80 valence electrons. The van der Waals surface area contributed by atoms with E-state index in [-0.39, 0.29) is 0 Å². The number of halogens is 1. The van der Waals surface area contributed by atoms with Gasteiger partial charge < -0.3 is 4.90 Å². The van der Waals surface area contributed by atoms with Crippen LogP contribution in [0, 0.1) is 5.92 Å². The van der Waals surface area contributed by atoms with Gasteiger partial charge in [-0.1, -0.05) is 43.1 Å². The first-order valence-electron chi connectivity index (χ1n) is 5.56. The van der Waals surface area contributed by atoms with E-state index in [1.54, 1.807) is 0 Å². The predicted molar refractivity (Wildman–Crippen MR) is 64.6 cm³/mol. The van der Waals surface area contributed by atoms with Gasteiger partial charge in [-0.05, 0) is 31.8 Å². The molecule has 1 unspecified atom stereocenters. The van der Waals surface area contributed by atoms with Gasteiger partial charge in [-0.3, -0.25) is 0 Å². The van der Waals surface area contributed by atoms with Crippen LogP contribution in [0.4, 0.5) is 0 Å². The van der Waals surface area contributed by atoms with Crippen molar-refractivity contribution in [3.63, 3.8) is 0 Å². The number of nitrogens with zero attached hydrogens (tertiary/aromatic N) is 1. The Balaban J connectivity index is 3.73. The van der Waals surface area contributed by atoms with Crippen molar-refractivity contribution in [3.8, 4) is 0 Å². The largest absolute Gasteiger partial charge is 0.303 e. The molecule has 13 heavy (non-hydrogen) atoms. The Morgan fingerprint density at radius 3 is 2.23 bits per heavy atom. The molecule has 0 N–H and O–H groups in total. The van der Waals surface area contributed by atoms with Gasteiger partial charge in [0.1, 0.15) is 0 Å². The molecular formula is C11H24BrN. The smallest absolute Gasteiger partial charge is 0.00718 e. The first-order chi connectivity index (χ1) is 6.28. The van der Waals surface area contributed by atoms with Crippen LogP contribution in [-0.4, -0.2) is 29.9 Å². The first-order valence-corrected chi connectivity index (χ1v) is 6.68. The van der Waals surface area contributed by atoms with Crippen LogP contribution >= 0.6 is 15.9 Å². The standard InChI is InChI=1S/C11H24BrN/c1-4-7-11(9-12)10-13(6-3)8-5-2/h11H,4-10H2,1-3H3. The van der Waals surface area contributed by atoms with E-state index in [0.29, 0.717) is 0 Å². The Bertz CT molecular complexity index is 94.3. The van der Waals surface area contributed by atoms with Crippen LogP contribution in [0.5, 0.6) is 0 Å². The minimum atomic E-state index is 0.844. The van der Waals surface area contributed by atoms with E-state index in [2.05, 4.69) is 41.6 Å². The van der Waals surface area contributed by atoms with Crippen LogP contribution in [-0.2, 0) is 0 Å². The molecule has 0 heterocycles. The molecule has 0 amide bonds. The van der Waals surface area contributed by atoms with Gasteiger partial charge in [-0.15, -0.1) is 0 Å². The molecule has 0 spiro atoms. The summed E-state index contributed by atoms with van der Waals surface area (Å²) in [6.45, 7) is 10.5.